The summed E-state index contributed by atoms with van der Waals surface area (Å²) in [5.74, 6) is -0.982. The maximum atomic E-state index is 11.8. The second-order valence-corrected chi connectivity index (χ2v) is 5.07. The lowest BCUT2D eigenvalue weighted by molar-refractivity contribution is -0.384. The predicted octanol–water partition coefficient (Wildman–Crippen LogP) is 3.05. The minimum absolute atomic E-state index is 0.154. The van der Waals surface area contributed by atoms with Crippen molar-refractivity contribution in [1.82, 2.24) is 0 Å². The molecule has 0 heterocycles. The Morgan fingerprint density at radius 2 is 1.79 bits per heavy atom. The van der Waals surface area contributed by atoms with Gasteiger partial charge in [-0.05, 0) is 30.3 Å². The number of hydrogen-bond acceptors (Lipinski definition) is 6. The number of benzene rings is 2. The van der Waals surface area contributed by atoms with E-state index in [9.17, 15) is 19.7 Å². The van der Waals surface area contributed by atoms with Crippen LogP contribution in [0.25, 0.3) is 0 Å². The van der Waals surface area contributed by atoms with E-state index < -0.39 is 24.1 Å². The molecule has 0 radical (unpaired) electrons. The zero-order chi connectivity index (χ0) is 17.5. The molecule has 0 aliphatic carbocycles. The molecule has 0 aliphatic rings. The van der Waals surface area contributed by atoms with Crippen LogP contribution in [-0.4, -0.2) is 29.9 Å². The van der Waals surface area contributed by atoms with Crippen LogP contribution in [0, 0.1) is 10.1 Å². The molecule has 0 aliphatic heterocycles. The molecule has 2 aromatic rings. The molecule has 0 saturated carbocycles. The summed E-state index contributed by atoms with van der Waals surface area (Å²) in [7, 11) is 0. The number of rotatable bonds is 7. The van der Waals surface area contributed by atoms with Crippen LogP contribution in [0.5, 0.6) is 5.75 Å². The van der Waals surface area contributed by atoms with Gasteiger partial charge in [0, 0.05) is 16.7 Å². The predicted molar refractivity (Wildman–Crippen MR) is 85.3 cm³/mol. The summed E-state index contributed by atoms with van der Waals surface area (Å²) in [6.07, 6.45) is 0. The van der Waals surface area contributed by atoms with E-state index in [1.165, 1.54) is 36.4 Å². The number of nitrogens with zero attached hydrogens (tertiary/aromatic N) is 1. The molecule has 0 spiro atoms. The third-order valence-electron chi connectivity index (χ3n) is 2.92. The van der Waals surface area contributed by atoms with E-state index in [0.717, 1.165) is 0 Å². The zero-order valence-corrected chi connectivity index (χ0v) is 13.1. The Kier molecular flexibility index (Phi) is 5.86. The van der Waals surface area contributed by atoms with Crippen molar-refractivity contribution in [1.29, 1.82) is 0 Å². The number of Topliss-reactive ketones (excluding diaryl/α,β-unsaturated/α-hetero) is 1. The second-order valence-electron chi connectivity index (χ2n) is 4.63. The fraction of sp³-hybridized carbons (Fsp3) is 0.125. The highest BCUT2D eigenvalue weighted by molar-refractivity contribution is 6.30. The number of esters is 1. The molecule has 2 aromatic carbocycles. The minimum atomic E-state index is -0.760. The van der Waals surface area contributed by atoms with Crippen molar-refractivity contribution in [3.63, 3.8) is 0 Å². The molecule has 0 bridgehead atoms. The van der Waals surface area contributed by atoms with E-state index in [2.05, 4.69) is 0 Å². The van der Waals surface area contributed by atoms with Crippen LogP contribution in [-0.2, 0) is 9.53 Å². The Morgan fingerprint density at radius 3 is 2.46 bits per heavy atom. The zero-order valence-electron chi connectivity index (χ0n) is 12.3. The molecular formula is C16H12ClNO6. The molecule has 0 fully saturated rings. The highest BCUT2D eigenvalue weighted by Gasteiger charge is 2.12. The smallest absolute Gasteiger partial charge is 0.344 e. The van der Waals surface area contributed by atoms with Gasteiger partial charge in [-0.2, -0.15) is 0 Å². The molecule has 0 unspecified atom stereocenters. The van der Waals surface area contributed by atoms with Gasteiger partial charge < -0.3 is 9.47 Å². The number of ether oxygens (including phenoxy) is 2. The van der Waals surface area contributed by atoms with Gasteiger partial charge in [-0.1, -0.05) is 17.7 Å². The van der Waals surface area contributed by atoms with Crippen LogP contribution in [0.15, 0.2) is 48.5 Å². The van der Waals surface area contributed by atoms with Crippen molar-refractivity contribution in [2.24, 2.45) is 0 Å². The fourth-order valence-electron chi connectivity index (χ4n) is 1.74. The van der Waals surface area contributed by atoms with Crippen LogP contribution >= 0.6 is 11.6 Å². The average Bonchev–Trinajstić information content (AvgIpc) is 2.58. The molecule has 0 saturated heterocycles. The van der Waals surface area contributed by atoms with E-state index in [1.54, 1.807) is 12.1 Å². The SMILES string of the molecule is O=C(COc1cccc([N+](=O)[O-])c1)OCC(=O)c1ccc(Cl)cc1. The number of carbonyl (C=O) groups excluding carboxylic acids is 2. The minimum Gasteiger partial charge on any atom is -0.482 e. The normalized spacial score (nSPS) is 10.0. The number of halogens is 1. The van der Waals surface area contributed by atoms with Gasteiger partial charge in [0.25, 0.3) is 5.69 Å². The summed E-state index contributed by atoms with van der Waals surface area (Å²) in [6, 6.07) is 11.6. The van der Waals surface area contributed by atoms with Gasteiger partial charge in [-0.3, -0.25) is 14.9 Å². The topological polar surface area (TPSA) is 95.7 Å². The Balaban J connectivity index is 1.81. The quantitative estimate of drug-likeness (QED) is 0.330. The number of nitro benzene ring substituents is 1. The second kappa shape index (κ2) is 8.07. The number of ketones is 1. The van der Waals surface area contributed by atoms with Crippen molar-refractivity contribution >= 4 is 29.0 Å². The van der Waals surface area contributed by atoms with Gasteiger partial charge in [0.1, 0.15) is 5.75 Å². The molecule has 0 atom stereocenters. The molecule has 0 amide bonds. The monoisotopic (exact) mass is 349 g/mol. The van der Waals surface area contributed by atoms with E-state index in [-0.39, 0.29) is 17.2 Å². The van der Waals surface area contributed by atoms with Gasteiger partial charge in [0.05, 0.1) is 11.0 Å². The standard InChI is InChI=1S/C16H12ClNO6/c17-12-6-4-11(5-7-12)15(19)9-24-16(20)10-23-14-3-1-2-13(8-14)18(21)22/h1-8H,9-10H2. The van der Waals surface area contributed by atoms with Crippen molar-refractivity contribution in [2.45, 2.75) is 0 Å². The first-order chi connectivity index (χ1) is 11.5. The number of non-ortho nitro benzene ring substituents is 1. The summed E-state index contributed by atoms with van der Waals surface area (Å²) < 4.78 is 9.91. The average molecular weight is 350 g/mol. The van der Waals surface area contributed by atoms with E-state index >= 15 is 0 Å². The molecule has 2 rings (SSSR count). The van der Waals surface area contributed by atoms with Crippen LogP contribution in [0.4, 0.5) is 5.69 Å². The number of hydrogen-bond donors (Lipinski definition) is 0. The van der Waals surface area contributed by atoms with E-state index in [4.69, 9.17) is 21.1 Å². The largest absolute Gasteiger partial charge is 0.482 e. The Hall–Kier alpha value is -2.93. The summed E-state index contributed by atoms with van der Waals surface area (Å²) in [5.41, 5.74) is 0.214. The highest BCUT2D eigenvalue weighted by atomic mass is 35.5. The van der Waals surface area contributed by atoms with Crippen molar-refractivity contribution in [3.05, 3.63) is 69.2 Å². The maximum Gasteiger partial charge on any atom is 0.344 e. The van der Waals surface area contributed by atoms with Crippen molar-refractivity contribution < 1.29 is 24.0 Å². The summed E-state index contributed by atoms with van der Waals surface area (Å²) in [4.78, 5) is 33.5. The van der Waals surface area contributed by atoms with Crippen LogP contribution in [0.1, 0.15) is 10.4 Å². The molecular weight excluding hydrogens is 338 g/mol. The maximum absolute atomic E-state index is 11.8. The molecule has 24 heavy (non-hydrogen) atoms. The number of carbonyl (C=O) groups is 2. The Labute approximate surface area is 141 Å². The van der Waals surface area contributed by atoms with E-state index in [0.29, 0.717) is 10.6 Å². The van der Waals surface area contributed by atoms with Crippen LogP contribution in [0.2, 0.25) is 5.02 Å². The molecule has 8 heteroatoms. The van der Waals surface area contributed by atoms with Crippen molar-refractivity contribution in [3.8, 4) is 5.75 Å². The summed E-state index contributed by atoms with van der Waals surface area (Å²) >= 11 is 5.72. The molecule has 0 aromatic heterocycles. The van der Waals surface area contributed by atoms with Gasteiger partial charge >= 0.3 is 5.97 Å². The Bertz CT molecular complexity index is 759. The van der Waals surface area contributed by atoms with Gasteiger partial charge in [0.15, 0.2) is 19.0 Å². The first-order valence-corrected chi connectivity index (χ1v) is 7.15. The molecule has 7 nitrogen and oxygen atoms in total. The fourth-order valence-corrected chi connectivity index (χ4v) is 1.86. The third kappa shape index (κ3) is 5.06. The summed E-state index contributed by atoms with van der Waals surface area (Å²) in [6.45, 7) is -0.895. The number of nitro groups is 1. The third-order valence-corrected chi connectivity index (χ3v) is 3.17. The first-order valence-electron chi connectivity index (χ1n) is 6.77. The highest BCUT2D eigenvalue weighted by Crippen LogP contribution is 2.19. The van der Waals surface area contributed by atoms with Crippen LogP contribution in [0.3, 0.4) is 0 Å². The lowest BCUT2D eigenvalue weighted by Gasteiger charge is -2.07. The van der Waals surface area contributed by atoms with Gasteiger partial charge in [-0.15, -0.1) is 0 Å². The lowest BCUT2D eigenvalue weighted by atomic mass is 10.1. The molecule has 0 N–H and O–H groups in total. The summed E-state index contributed by atoms with van der Waals surface area (Å²) in [5, 5.41) is 11.1. The van der Waals surface area contributed by atoms with Crippen molar-refractivity contribution in [2.75, 3.05) is 13.2 Å². The van der Waals surface area contributed by atoms with Gasteiger partial charge in [0.2, 0.25) is 0 Å². The lowest BCUT2D eigenvalue weighted by Crippen LogP contribution is -2.19. The Morgan fingerprint density at radius 1 is 1.08 bits per heavy atom. The first kappa shape index (κ1) is 17.4. The van der Waals surface area contributed by atoms with Gasteiger partial charge in [-0.25, -0.2) is 4.79 Å². The molecule has 124 valence electrons. The van der Waals surface area contributed by atoms with E-state index in [1.807, 2.05) is 0 Å². The van der Waals surface area contributed by atoms with Crippen LogP contribution < -0.4 is 4.74 Å².